The van der Waals surface area contributed by atoms with E-state index in [2.05, 4.69) is 30.9 Å². The summed E-state index contributed by atoms with van der Waals surface area (Å²) in [5.41, 5.74) is 0.858. The maximum atomic E-state index is 12.0. The van der Waals surface area contributed by atoms with E-state index < -0.39 is 0 Å². The monoisotopic (exact) mass is 327 g/mol. The van der Waals surface area contributed by atoms with E-state index in [0.717, 1.165) is 5.69 Å². The molecule has 0 atom stereocenters. The third-order valence-electron chi connectivity index (χ3n) is 3.19. The van der Waals surface area contributed by atoms with Crippen molar-refractivity contribution in [2.45, 2.75) is 19.9 Å². The number of hydrogen-bond acceptors (Lipinski definition) is 6. The molecule has 0 spiro atoms. The number of hydrogen-bond donors (Lipinski definition) is 2. The van der Waals surface area contributed by atoms with Crippen LogP contribution in [0.5, 0.6) is 0 Å². The first-order valence-electron chi connectivity index (χ1n) is 7.46. The van der Waals surface area contributed by atoms with Gasteiger partial charge in [-0.3, -0.25) is 10.3 Å². The summed E-state index contributed by atoms with van der Waals surface area (Å²) in [7, 11) is 0. The Labute approximate surface area is 138 Å². The van der Waals surface area contributed by atoms with Crippen molar-refractivity contribution in [1.82, 2.24) is 30.2 Å². The number of amides is 2. The van der Waals surface area contributed by atoms with E-state index in [1.165, 1.54) is 0 Å². The van der Waals surface area contributed by atoms with Crippen LogP contribution in [0.15, 0.2) is 41.2 Å². The first-order valence-corrected chi connectivity index (χ1v) is 7.46. The molecule has 3 heterocycles. The molecular formula is C15H17N7O2. The molecule has 3 aromatic rings. The predicted molar refractivity (Wildman–Crippen MR) is 85.3 cm³/mol. The second-order valence-corrected chi connectivity index (χ2v) is 5.06. The van der Waals surface area contributed by atoms with Gasteiger partial charge in [0.2, 0.25) is 5.89 Å². The van der Waals surface area contributed by atoms with Gasteiger partial charge in [-0.2, -0.15) is 10.1 Å². The molecule has 0 saturated carbocycles. The zero-order chi connectivity index (χ0) is 16.8. The fourth-order valence-corrected chi connectivity index (χ4v) is 2.09. The number of carbonyl (C=O) groups is 1. The Balaban J connectivity index is 1.50. The van der Waals surface area contributed by atoms with Gasteiger partial charge < -0.3 is 9.84 Å². The molecule has 0 fully saturated rings. The minimum absolute atomic E-state index is 0.325. The first kappa shape index (κ1) is 15.7. The van der Waals surface area contributed by atoms with Crippen LogP contribution in [0.25, 0.3) is 0 Å². The average molecular weight is 327 g/mol. The molecule has 0 aliphatic rings. The molecule has 0 radical (unpaired) electrons. The Bertz CT molecular complexity index is 797. The van der Waals surface area contributed by atoms with Crippen LogP contribution in [0, 0.1) is 6.92 Å². The lowest BCUT2D eigenvalue weighted by Gasteiger charge is -2.09. The Hall–Kier alpha value is -3.23. The molecule has 9 heteroatoms. The number of pyridine rings is 1. The van der Waals surface area contributed by atoms with Gasteiger partial charge in [0, 0.05) is 25.2 Å². The molecule has 9 nitrogen and oxygen atoms in total. The van der Waals surface area contributed by atoms with Gasteiger partial charge in [-0.05, 0) is 19.1 Å². The molecule has 0 aliphatic heterocycles. The normalized spacial score (nSPS) is 10.5. The number of urea groups is 1. The third kappa shape index (κ3) is 4.15. The largest absolute Gasteiger partial charge is 0.339 e. The van der Waals surface area contributed by atoms with E-state index in [0.29, 0.717) is 37.0 Å². The van der Waals surface area contributed by atoms with Crippen molar-refractivity contribution in [2.75, 3.05) is 11.9 Å². The van der Waals surface area contributed by atoms with Crippen LogP contribution in [0.2, 0.25) is 0 Å². The van der Waals surface area contributed by atoms with E-state index in [1.54, 1.807) is 30.1 Å². The quantitative estimate of drug-likeness (QED) is 0.707. The highest BCUT2D eigenvalue weighted by molar-refractivity contribution is 5.88. The highest BCUT2D eigenvalue weighted by atomic mass is 16.5. The summed E-state index contributed by atoms with van der Waals surface area (Å²) in [6.07, 6.45) is 3.82. The average Bonchev–Trinajstić information content (AvgIpc) is 3.18. The minimum Gasteiger partial charge on any atom is -0.339 e. The van der Waals surface area contributed by atoms with E-state index in [4.69, 9.17) is 4.52 Å². The second-order valence-electron chi connectivity index (χ2n) is 5.06. The van der Waals surface area contributed by atoms with Crippen LogP contribution in [-0.2, 0) is 13.0 Å². The van der Waals surface area contributed by atoms with Gasteiger partial charge in [0.05, 0.1) is 18.4 Å². The van der Waals surface area contributed by atoms with Gasteiger partial charge in [-0.25, -0.2) is 9.48 Å². The number of anilines is 1. The number of aryl methyl sites for hydroxylation is 1. The first-order chi connectivity index (χ1) is 11.7. The van der Waals surface area contributed by atoms with Crippen LogP contribution >= 0.6 is 0 Å². The Morgan fingerprint density at radius 1 is 1.29 bits per heavy atom. The molecule has 3 rings (SSSR count). The van der Waals surface area contributed by atoms with Crippen LogP contribution in [0.3, 0.4) is 0 Å². The number of nitrogens with zero attached hydrogens (tertiary/aromatic N) is 5. The minimum atomic E-state index is -0.325. The fraction of sp³-hybridized carbons (Fsp3) is 0.267. The highest BCUT2D eigenvalue weighted by Crippen LogP contribution is 2.08. The molecule has 0 unspecified atom stereocenters. The fourth-order valence-electron chi connectivity index (χ4n) is 2.09. The van der Waals surface area contributed by atoms with Crippen molar-refractivity contribution in [2.24, 2.45) is 0 Å². The van der Waals surface area contributed by atoms with Gasteiger partial charge in [0.1, 0.15) is 5.82 Å². The smallest absolute Gasteiger partial charge is 0.320 e. The van der Waals surface area contributed by atoms with Crippen molar-refractivity contribution in [3.63, 3.8) is 0 Å². The van der Waals surface area contributed by atoms with Gasteiger partial charge in [-0.1, -0.05) is 11.2 Å². The lowest BCUT2D eigenvalue weighted by atomic mass is 10.3. The van der Waals surface area contributed by atoms with Crippen molar-refractivity contribution in [3.8, 4) is 0 Å². The Morgan fingerprint density at radius 3 is 2.96 bits per heavy atom. The molecule has 0 aliphatic carbocycles. The summed E-state index contributed by atoms with van der Waals surface area (Å²) in [4.78, 5) is 20.3. The Morgan fingerprint density at radius 2 is 2.21 bits per heavy atom. The van der Waals surface area contributed by atoms with E-state index in [-0.39, 0.29) is 6.03 Å². The summed E-state index contributed by atoms with van der Waals surface area (Å²) in [5.74, 6) is 1.66. The van der Waals surface area contributed by atoms with Crippen LogP contribution in [0.1, 0.15) is 17.4 Å². The summed E-state index contributed by atoms with van der Waals surface area (Å²) < 4.78 is 6.65. The van der Waals surface area contributed by atoms with E-state index in [9.17, 15) is 4.79 Å². The molecule has 3 aromatic heterocycles. The number of nitrogens with one attached hydrogen (secondary N) is 2. The van der Waals surface area contributed by atoms with E-state index in [1.807, 2.05) is 18.2 Å². The van der Waals surface area contributed by atoms with Crippen LogP contribution < -0.4 is 10.6 Å². The molecular weight excluding hydrogens is 310 g/mol. The zero-order valence-corrected chi connectivity index (χ0v) is 13.1. The highest BCUT2D eigenvalue weighted by Gasteiger charge is 2.09. The Kier molecular flexibility index (Phi) is 4.80. The maximum Gasteiger partial charge on any atom is 0.320 e. The lowest BCUT2D eigenvalue weighted by molar-refractivity contribution is 0.251. The standard InChI is InChI=1S/C15H17N7O2/c1-11-19-14(24-21-11)6-8-17-15(23)20-13-5-9-18-22(13)10-12-4-2-3-7-16-12/h2-5,7,9H,6,8,10H2,1H3,(H2,17,20,23). The van der Waals surface area contributed by atoms with Crippen molar-refractivity contribution >= 4 is 11.8 Å². The number of rotatable bonds is 6. The van der Waals surface area contributed by atoms with Crippen LogP contribution in [-0.4, -0.2) is 37.5 Å². The molecule has 0 aromatic carbocycles. The SMILES string of the molecule is Cc1noc(CCNC(=O)Nc2ccnn2Cc2ccccn2)n1. The number of carbonyl (C=O) groups excluding carboxylic acids is 1. The zero-order valence-electron chi connectivity index (χ0n) is 13.1. The summed E-state index contributed by atoms with van der Waals surface area (Å²) in [5, 5.41) is 13.4. The summed E-state index contributed by atoms with van der Waals surface area (Å²) >= 11 is 0. The molecule has 24 heavy (non-hydrogen) atoms. The van der Waals surface area contributed by atoms with Gasteiger partial charge in [0.25, 0.3) is 0 Å². The summed E-state index contributed by atoms with van der Waals surface area (Å²) in [6.45, 7) is 2.61. The molecule has 124 valence electrons. The van der Waals surface area contributed by atoms with Crippen molar-refractivity contribution in [1.29, 1.82) is 0 Å². The second kappa shape index (κ2) is 7.36. The van der Waals surface area contributed by atoms with Gasteiger partial charge in [-0.15, -0.1) is 0 Å². The van der Waals surface area contributed by atoms with Crippen LogP contribution in [0.4, 0.5) is 10.6 Å². The van der Waals surface area contributed by atoms with Gasteiger partial charge >= 0.3 is 6.03 Å². The van der Waals surface area contributed by atoms with Gasteiger partial charge in [0.15, 0.2) is 5.82 Å². The third-order valence-corrected chi connectivity index (χ3v) is 3.19. The maximum absolute atomic E-state index is 12.0. The lowest BCUT2D eigenvalue weighted by Crippen LogP contribution is -2.31. The molecule has 0 saturated heterocycles. The topological polar surface area (TPSA) is 111 Å². The van der Waals surface area contributed by atoms with Crippen molar-refractivity contribution in [3.05, 3.63) is 54.1 Å². The number of aromatic nitrogens is 5. The molecule has 0 bridgehead atoms. The van der Waals surface area contributed by atoms with E-state index >= 15 is 0 Å². The van der Waals surface area contributed by atoms with Crippen molar-refractivity contribution < 1.29 is 9.32 Å². The summed E-state index contributed by atoms with van der Waals surface area (Å²) in [6, 6.07) is 7.06. The predicted octanol–water partition coefficient (Wildman–Crippen LogP) is 1.38. The molecule has 2 N–H and O–H groups in total. The molecule has 2 amide bonds.